The molecule has 1 N–H and O–H groups in total. The molecule has 1 aromatic heterocycles. The Morgan fingerprint density at radius 2 is 2.00 bits per heavy atom. The van der Waals surface area contributed by atoms with Crippen molar-refractivity contribution in [1.82, 2.24) is 14.7 Å². The van der Waals surface area contributed by atoms with Gasteiger partial charge in [-0.2, -0.15) is 5.10 Å². The highest BCUT2D eigenvalue weighted by Gasteiger charge is 2.48. The van der Waals surface area contributed by atoms with Crippen LogP contribution in [0, 0.1) is 11.3 Å². The van der Waals surface area contributed by atoms with Crippen molar-refractivity contribution in [2.24, 2.45) is 11.3 Å². The molecule has 24 heavy (non-hydrogen) atoms. The van der Waals surface area contributed by atoms with Crippen molar-refractivity contribution in [1.29, 1.82) is 0 Å². The predicted molar refractivity (Wildman–Crippen MR) is 89.0 cm³/mol. The molecule has 1 amide bonds. The summed E-state index contributed by atoms with van der Waals surface area (Å²) >= 11 is 0. The average Bonchev–Trinajstić information content (AvgIpc) is 3.24. The molecular weight excluding hydrogens is 306 g/mol. The maximum absolute atomic E-state index is 13.0. The SMILES string of the molecule is CC(C)C1(C(=O)O)CCN(C(=O)c2ccccc2-n2cccn2)C1. The van der Waals surface area contributed by atoms with Gasteiger partial charge in [-0.25, -0.2) is 4.68 Å². The second-order valence-electron chi connectivity index (χ2n) is 6.56. The van der Waals surface area contributed by atoms with E-state index in [1.54, 1.807) is 34.1 Å². The molecule has 2 aromatic rings. The third-order valence-electron chi connectivity index (χ3n) is 5.00. The molecule has 1 aliphatic rings. The first-order chi connectivity index (χ1) is 11.5. The first-order valence-corrected chi connectivity index (χ1v) is 8.07. The molecule has 1 unspecified atom stereocenters. The van der Waals surface area contributed by atoms with Crippen molar-refractivity contribution in [3.63, 3.8) is 0 Å². The maximum Gasteiger partial charge on any atom is 0.311 e. The van der Waals surface area contributed by atoms with Gasteiger partial charge < -0.3 is 10.0 Å². The number of carbonyl (C=O) groups is 2. The molecule has 0 radical (unpaired) electrons. The number of hydrogen-bond acceptors (Lipinski definition) is 3. The molecule has 126 valence electrons. The van der Waals surface area contributed by atoms with E-state index in [1.807, 2.05) is 32.0 Å². The average molecular weight is 327 g/mol. The van der Waals surface area contributed by atoms with Gasteiger partial charge in [0, 0.05) is 25.5 Å². The highest BCUT2D eigenvalue weighted by atomic mass is 16.4. The number of likely N-dealkylation sites (tertiary alicyclic amines) is 1. The number of carboxylic acids is 1. The number of benzene rings is 1. The normalized spacial score (nSPS) is 20.5. The van der Waals surface area contributed by atoms with Crippen LogP contribution >= 0.6 is 0 Å². The van der Waals surface area contributed by atoms with E-state index in [4.69, 9.17) is 0 Å². The van der Waals surface area contributed by atoms with Gasteiger partial charge in [-0.1, -0.05) is 26.0 Å². The molecule has 1 saturated heterocycles. The molecule has 0 aliphatic carbocycles. The molecule has 1 aliphatic heterocycles. The topological polar surface area (TPSA) is 75.4 Å². The quantitative estimate of drug-likeness (QED) is 0.936. The second-order valence-corrected chi connectivity index (χ2v) is 6.56. The Hall–Kier alpha value is -2.63. The Labute approximate surface area is 140 Å². The molecule has 1 aromatic carbocycles. The number of nitrogens with zero attached hydrogens (tertiary/aromatic N) is 3. The summed E-state index contributed by atoms with van der Waals surface area (Å²) in [5.41, 5.74) is 0.368. The van der Waals surface area contributed by atoms with E-state index >= 15 is 0 Å². The molecule has 0 bridgehead atoms. The maximum atomic E-state index is 13.0. The summed E-state index contributed by atoms with van der Waals surface area (Å²) < 4.78 is 1.65. The first-order valence-electron chi connectivity index (χ1n) is 8.07. The standard InChI is InChI=1S/C18H21N3O3/c1-13(2)18(17(23)24)8-11-20(12-18)16(22)14-6-3-4-7-15(14)21-10-5-9-19-21/h3-7,9-10,13H,8,11-12H2,1-2H3,(H,23,24). The number of aromatic nitrogens is 2. The minimum Gasteiger partial charge on any atom is -0.481 e. The number of carbonyl (C=O) groups excluding carboxylic acids is 1. The van der Waals surface area contributed by atoms with Crippen LogP contribution in [0.25, 0.3) is 5.69 Å². The van der Waals surface area contributed by atoms with Crippen LogP contribution in [-0.2, 0) is 4.79 Å². The van der Waals surface area contributed by atoms with Crippen LogP contribution in [0.2, 0.25) is 0 Å². The van der Waals surface area contributed by atoms with Crippen molar-refractivity contribution in [3.8, 4) is 5.69 Å². The van der Waals surface area contributed by atoms with Crippen LogP contribution in [0.4, 0.5) is 0 Å². The van der Waals surface area contributed by atoms with Gasteiger partial charge in [0.2, 0.25) is 0 Å². The number of carboxylic acid groups (broad SMARTS) is 1. The Bertz CT molecular complexity index is 755. The lowest BCUT2D eigenvalue weighted by atomic mass is 9.76. The molecule has 1 atom stereocenters. The summed E-state index contributed by atoms with van der Waals surface area (Å²) in [5.74, 6) is -1.01. The lowest BCUT2D eigenvalue weighted by Gasteiger charge is -2.28. The van der Waals surface area contributed by atoms with Crippen LogP contribution in [0.1, 0.15) is 30.6 Å². The van der Waals surface area contributed by atoms with Crippen LogP contribution in [-0.4, -0.2) is 44.8 Å². The summed E-state index contributed by atoms with van der Waals surface area (Å²) in [6.07, 6.45) is 3.92. The number of amides is 1. The molecule has 3 rings (SSSR count). The monoisotopic (exact) mass is 327 g/mol. The van der Waals surface area contributed by atoms with Crippen molar-refractivity contribution in [2.75, 3.05) is 13.1 Å². The molecule has 0 spiro atoms. The summed E-state index contributed by atoms with van der Waals surface area (Å²) in [5, 5.41) is 13.9. The minimum atomic E-state index is -0.865. The number of rotatable bonds is 4. The Balaban J connectivity index is 1.91. The van der Waals surface area contributed by atoms with E-state index in [-0.39, 0.29) is 18.4 Å². The third kappa shape index (κ3) is 2.58. The van der Waals surface area contributed by atoms with E-state index in [1.165, 1.54) is 0 Å². The summed E-state index contributed by atoms with van der Waals surface area (Å²) in [6, 6.07) is 9.06. The van der Waals surface area contributed by atoms with E-state index in [0.717, 1.165) is 0 Å². The van der Waals surface area contributed by atoms with Crippen molar-refractivity contribution in [2.45, 2.75) is 20.3 Å². The number of aliphatic carboxylic acids is 1. The Kier molecular flexibility index (Phi) is 4.13. The smallest absolute Gasteiger partial charge is 0.311 e. The summed E-state index contributed by atoms with van der Waals surface area (Å²) in [6.45, 7) is 4.50. The van der Waals surface area contributed by atoms with Crippen LogP contribution < -0.4 is 0 Å². The van der Waals surface area contributed by atoms with Gasteiger partial charge in [-0.05, 0) is 30.5 Å². The highest BCUT2D eigenvalue weighted by Crippen LogP contribution is 2.38. The third-order valence-corrected chi connectivity index (χ3v) is 5.00. The van der Waals surface area contributed by atoms with Crippen LogP contribution in [0.5, 0.6) is 0 Å². The zero-order valence-corrected chi connectivity index (χ0v) is 13.8. The van der Waals surface area contributed by atoms with Crippen molar-refractivity contribution >= 4 is 11.9 Å². The lowest BCUT2D eigenvalue weighted by molar-refractivity contribution is -0.150. The fraction of sp³-hybridized carbons (Fsp3) is 0.389. The van der Waals surface area contributed by atoms with Crippen molar-refractivity contribution in [3.05, 3.63) is 48.3 Å². The molecule has 1 fully saturated rings. The molecular formula is C18H21N3O3. The van der Waals surface area contributed by atoms with Gasteiger partial charge in [0.05, 0.1) is 16.7 Å². The van der Waals surface area contributed by atoms with Gasteiger partial charge in [0.15, 0.2) is 0 Å². The fourth-order valence-corrected chi connectivity index (χ4v) is 3.34. The van der Waals surface area contributed by atoms with Gasteiger partial charge >= 0.3 is 5.97 Å². The largest absolute Gasteiger partial charge is 0.481 e. The van der Waals surface area contributed by atoms with Gasteiger partial charge in [-0.15, -0.1) is 0 Å². The number of hydrogen-bond donors (Lipinski definition) is 1. The molecule has 6 heteroatoms. The zero-order chi connectivity index (χ0) is 17.3. The van der Waals surface area contributed by atoms with Gasteiger partial charge in [-0.3, -0.25) is 9.59 Å². The second kappa shape index (κ2) is 6.11. The first kappa shape index (κ1) is 16.2. The number of para-hydroxylation sites is 1. The van der Waals surface area contributed by atoms with E-state index < -0.39 is 11.4 Å². The predicted octanol–water partition coefficient (Wildman–Crippen LogP) is 2.45. The van der Waals surface area contributed by atoms with Gasteiger partial charge in [0.1, 0.15) is 0 Å². The Morgan fingerprint density at radius 1 is 1.25 bits per heavy atom. The van der Waals surface area contributed by atoms with E-state index in [2.05, 4.69) is 5.10 Å². The van der Waals surface area contributed by atoms with Crippen molar-refractivity contribution < 1.29 is 14.7 Å². The van der Waals surface area contributed by atoms with Crippen LogP contribution in [0.3, 0.4) is 0 Å². The molecule has 0 saturated carbocycles. The highest BCUT2D eigenvalue weighted by molar-refractivity contribution is 5.98. The van der Waals surface area contributed by atoms with Gasteiger partial charge in [0.25, 0.3) is 5.91 Å². The lowest BCUT2D eigenvalue weighted by Crippen LogP contribution is -2.40. The summed E-state index contributed by atoms with van der Waals surface area (Å²) in [7, 11) is 0. The van der Waals surface area contributed by atoms with E-state index in [0.29, 0.717) is 24.2 Å². The minimum absolute atomic E-state index is 0.0332. The molecule has 2 heterocycles. The fourth-order valence-electron chi connectivity index (χ4n) is 3.34. The summed E-state index contributed by atoms with van der Waals surface area (Å²) in [4.78, 5) is 26.4. The molecule has 6 nitrogen and oxygen atoms in total. The zero-order valence-electron chi connectivity index (χ0n) is 13.8. The Morgan fingerprint density at radius 3 is 2.58 bits per heavy atom. The van der Waals surface area contributed by atoms with E-state index in [9.17, 15) is 14.7 Å². The van der Waals surface area contributed by atoms with Crippen LogP contribution in [0.15, 0.2) is 42.7 Å².